The summed E-state index contributed by atoms with van der Waals surface area (Å²) in [4.78, 5) is 25.3. The van der Waals surface area contributed by atoms with Crippen LogP contribution >= 0.6 is 27.3 Å². The number of primary amides is 1. The molecule has 0 saturated heterocycles. The molecule has 1 aromatic heterocycles. The van der Waals surface area contributed by atoms with E-state index in [9.17, 15) is 9.59 Å². The molecule has 1 aromatic carbocycles. The highest BCUT2D eigenvalue weighted by atomic mass is 79.9. The van der Waals surface area contributed by atoms with Gasteiger partial charge in [0.15, 0.2) is 0 Å². The number of amides is 2. The third kappa shape index (κ3) is 4.38. The number of hydrogen-bond donors (Lipinski definition) is 2. The lowest BCUT2D eigenvalue weighted by molar-refractivity contribution is -0.111. The Morgan fingerprint density at radius 3 is 2.56 bits per heavy atom. The highest BCUT2D eigenvalue weighted by molar-refractivity contribution is 9.10. The molecule has 0 saturated carbocycles. The molecule has 1 heterocycles. The maximum Gasteiger partial charge on any atom is 0.251 e. The van der Waals surface area contributed by atoms with Gasteiger partial charge in [-0.15, -0.1) is 11.3 Å². The fourth-order valence-electron chi connectivity index (χ4n) is 2.99. The zero-order valence-corrected chi connectivity index (χ0v) is 16.1. The van der Waals surface area contributed by atoms with Gasteiger partial charge < -0.3 is 11.1 Å². The Balaban J connectivity index is 1.79. The van der Waals surface area contributed by atoms with E-state index in [2.05, 4.69) is 21.2 Å². The fourth-order valence-corrected chi connectivity index (χ4v) is 4.55. The van der Waals surface area contributed by atoms with Crippen LogP contribution in [0.1, 0.15) is 45.6 Å². The predicted octanol–water partition coefficient (Wildman–Crippen LogP) is 4.53. The topological polar surface area (TPSA) is 72.2 Å². The average Bonchev–Trinajstić information content (AvgIpc) is 2.75. The molecule has 25 heavy (non-hydrogen) atoms. The SMILES string of the molecule is NC(=O)c1c(NC(=O)C=Cc2ccc(Br)cc2)sc2c1CCCCC2. The van der Waals surface area contributed by atoms with Crippen molar-refractivity contribution in [1.29, 1.82) is 0 Å². The molecule has 130 valence electrons. The molecule has 0 aliphatic heterocycles. The number of carbonyl (C=O) groups excluding carboxylic acids is 2. The van der Waals surface area contributed by atoms with Gasteiger partial charge in [-0.05, 0) is 55.0 Å². The predicted molar refractivity (Wildman–Crippen MR) is 106 cm³/mol. The van der Waals surface area contributed by atoms with Crippen molar-refractivity contribution in [2.45, 2.75) is 32.1 Å². The molecule has 2 amide bonds. The highest BCUT2D eigenvalue weighted by Gasteiger charge is 2.23. The minimum Gasteiger partial charge on any atom is -0.365 e. The highest BCUT2D eigenvalue weighted by Crippen LogP contribution is 2.37. The number of hydrogen-bond acceptors (Lipinski definition) is 3. The van der Waals surface area contributed by atoms with Gasteiger partial charge in [-0.25, -0.2) is 0 Å². The van der Waals surface area contributed by atoms with Crippen LogP contribution in [0.15, 0.2) is 34.8 Å². The van der Waals surface area contributed by atoms with Crippen LogP contribution in [0.3, 0.4) is 0 Å². The Bertz CT molecular complexity index is 825. The zero-order chi connectivity index (χ0) is 17.8. The van der Waals surface area contributed by atoms with Crippen LogP contribution in [0, 0.1) is 0 Å². The van der Waals surface area contributed by atoms with E-state index in [1.807, 2.05) is 24.3 Å². The van der Waals surface area contributed by atoms with Crippen molar-refractivity contribution in [2.75, 3.05) is 5.32 Å². The maximum atomic E-state index is 12.3. The zero-order valence-electron chi connectivity index (χ0n) is 13.7. The summed E-state index contributed by atoms with van der Waals surface area (Å²) in [7, 11) is 0. The molecule has 4 nitrogen and oxygen atoms in total. The minimum atomic E-state index is -0.466. The standard InChI is InChI=1S/C19H19BrN2O2S/c20-13-9-6-12(7-10-13)8-11-16(23)22-19-17(18(21)24)14-4-2-1-3-5-15(14)25-19/h6-11H,1-5H2,(H2,21,24)(H,22,23). The third-order valence-corrected chi connectivity index (χ3v) is 5.94. The summed E-state index contributed by atoms with van der Waals surface area (Å²) in [6, 6.07) is 7.66. The second-order valence-electron chi connectivity index (χ2n) is 6.01. The average molecular weight is 419 g/mol. The lowest BCUT2D eigenvalue weighted by Crippen LogP contribution is -2.16. The van der Waals surface area contributed by atoms with Gasteiger partial charge in [0, 0.05) is 15.4 Å². The first-order valence-corrected chi connectivity index (χ1v) is 9.84. The first-order valence-electron chi connectivity index (χ1n) is 8.23. The molecule has 2 aromatic rings. The number of thiophene rings is 1. The van der Waals surface area contributed by atoms with Gasteiger partial charge in [0.25, 0.3) is 5.91 Å². The summed E-state index contributed by atoms with van der Waals surface area (Å²) in [5.74, 6) is -0.728. The normalized spacial score (nSPS) is 14.1. The van der Waals surface area contributed by atoms with E-state index >= 15 is 0 Å². The molecular formula is C19H19BrN2O2S. The van der Waals surface area contributed by atoms with Crippen LogP contribution in [-0.4, -0.2) is 11.8 Å². The van der Waals surface area contributed by atoms with Gasteiger partial charge in [-0.3, -0.25) is 9.59 Å². The number of fused-ring (bicyclic) bond motifs is 1. The Labute approximate surface area is 159 Å². The molecule has 0 fully saturated rings. The number of nitrogens with one attached hydrogen (secondary N) is 1. The lowest BCUT2D eigenvalue weighted by atomic mass is 10.1. The second kappa shape index (κ2) is 7.97. The summed E-state index contributed by atoms with van der Waals surface area (Å²) in [5.41, 5.74) is 8.03. The van der Waals surface area contributed by atoms with Crippen LogP contribution < -0.4 is 11.1 Å². The number of carbonyl (C=O) groups is 2. The third-order valence-electron chi connectivity index (χ3n) is 4.20. The number of anilines is 1. The van der Waals surface area contributed by atoms with Crippen LogP contribution in [0.2, 0.25) is 0 Å². The summed E-state index contributed by atoms with van der Waals surface area (Å²) >= 11 is 4.86. The summed E-state index contributed by atoms with van der Waals surface area (Å²) in [6.45, 7) is 0. The molecule has 1 aliphatic carbocycles. The van der Waals surface area contributed by atoms with E-state index < -0.39 is 5.91 Å². The molecular weight excluding hydrogens is 400 g/mol. The number of rotatable bonds is 4. The van der Waals surface area contributed by atoms with Crippen molar-refractivity contribution in [3.8, 4) is 0 Å². The van der Waals surface area contributed by atoms with E-state index in [1.165, 1.54) is 22.3 Å². The summed E-state index contributed by atoms with van der Waals surface area (Å²) in [6.07, 6.45) is 8.35. The van der Waals surface area contributed by atoms with Crippen LogP contribution in [0.4, 0.5) is 5.00 Å². The Morgan fingerprint density at radius 1 is 1.12 bits per heavy atom. The van der Waals surface area contributed by atoms with Gasteiger partial charge in [0.05, 0.1) is 5.56 Å². The Hall–Kier alpha value is -1.92. The van der Waals surface area contributed by atoms with Crippen LogP contribution in [-0.2, 0) is 17.6 Å². The van der Waals surface area contributed by atoms with E-state index in [-0.39, 0.29) is 5.91 Å². The summed E-state index contributed by atoms with van der Waals surface area (Å²) in [5, 5.41) is 3.41. The van der Waals surface area contributed by atoms with Crippen molar-refractivity contribution >= 4 is 50.2 Å². The Kier molecular flexibility index (Phi) is 5.71. The molecule has 0 unspecified atom stereocenters. The maximum absolute atomic E-state index is 12.3. The monoisotopic (exact) mass is 418 g/mol. The minimum absolute atomic E-state index is 0.262. The molecule has 6 heteroatoms. The van der Waals surface area contributed by atoms with Crippen molar-refractivity contribution < 1.29 is 9.59 Å². The van der Waals surface area contributed by atoms with Gasteiger partial charge in [-0.1, -0.05) is 34.5 Å². The number of aryl methyl sites for hydroxylation is 1. The van der Waals surface area contributed by atoms with Crippen LogP contribution in [0.5, 0.6) is 0 Å². The molecule has 1 aliphatic rings. The van der Waals surface area contributed by atoms with E-state index in [4.69, 9.17) is 5.73 Å². The molecule has 3 N–H and O–H groups in total. The largest absolute Gasteiger partial charge is 0.365 e. The van der Waals surface area contributed by atoms with Crippen molar-refractivity contribution in [1.82, 2.24) is 0 Å². The fraction of sp³-hybridized carbons (Fsp3) is 0.263. The van der Waals surface area contributed by atoms with Crippen molar-refractivity contribution in [3.05, 3.63) is 56.4 Å². The van der Waals surface area contributed by atoms with E-state index in [1.54, 1.807) is 6.08 Å². The van der Waals surface area contributed by atoms with Gasteiger partial charge in [0.1, 0.15) is 5.00 Å². The van der Waals surface area contributed by atoms with Gasteiger partial charge in [-0.2, -0.15) is 0 Å². The second-order valence-corrected chi connectivity index (χ2v) is 8.03. The number of nitrogens with two attached hydrogens (primary N) is 1. The molecule has 3 rings (SSSR count). The van der Waals surface area contributed by atoms with Gasteiger partial charge in [0.2, 0.25) is 5.91 Å². The molecule has 0 atom stereocenters. The Morgan fingerprint density at radius 2 is 1.84 bits per heavy atom. The first-order chi connectivity index (χ1) is 12.0. The smallest absolute Gasteiger partial charge is 0.251 e. The van der Waals surface area contributed by atoms with E-state index in [0.717, 1.165) is 47.7 Å². The first kappa shape index (κ1) is 17.9. The molecule has 0 spiro atoms. The van der Waals surface area contributed by atoms with Crippen molar-refractivity contribution in [2.24, 2.45) is 5.73 Å². The summed E-state index contributed by atoms with van der Waals surface area (Å²) < 4.78 is 0.986. The van der Waals surface area contributed by atoms with Crippen molar-refractivity contribution in [3.63, 3.8) is 0 Å². The van der Waals surface area contributed by atoms with E-state index in [0.29, 0.717) is 10.6 Å². The molecule has 0 bridgehead atoms. The quantitative estimate of drug-likeness (QED) is 0.565. The number of benzene rings is 1. The van der Waals surface area contributed by atoms with Crippen LogP contribution in [0.25, 0.3) is 6.08 Å². The number of halogens is 1. The lowest BCUT2D eigenvalue weighted by Gasteiger charge is -2.04. The molecule has 0 radical (unpaired) electrons. The van der Waals surface area contributed by atoms with Gasteiger partial charge >= 0.3 is 0 Å².